The van der Waals surface area contributed by atoms with Gasteiger partial charge in [-0.05, 0) is 18.2 Å². The van der Waals surface area contributed by atoms with Crippen LogP contribution in [0.4, 0.5) is 10.1 Å². The maximum absolute atomic E-state index is 13.0. The van der Waals surface area contributed by atoms with Gasteiger partial charge in [-0.25, -0.2) is 4.39 Å². The number of aliphatic hydroxyl groups excluding tert-OH is 1. The van der Waals surface area contributed by atoms with Crippen molar-refractivity contribution in [2.75, 3.05) is 12.3 Å². The smallest absolute Gasteiger partial charge is 0.251 e. The first-order valence-electron chi connectivity index (χ1n) is 4.72. The third-order valence-electron chi connectivity index (χ3n) is 2.05. The molecule has 0 aliphatic carbocycles. The van der Waals surface area contributed by atoms with E-state index in [1.54, 1.807) is 0 Å². The predicted octanol–water partition coefficient (Wildman–Crippen LogP) is -1.02. The van der Waals surface area contributed by atoms with Crippen molar-refractivity contribution in [1.82, 2.24) is 5.32 Å². The first kappa shape index (κ1) is 12.9. The quantitative estimate of drug-likeness (QED) is 0.505. The molecular weight excluding hydrogens is 229 g/mol. The molecule has 0 radical (unpaired) electrons. The second-order valence-electron chi connectivity index (χ2n) is 3.36. The zero-order valence-electron chi connectivity index (χ0n) is 8.81. The summed E-state index contributed by atoms with van der Waals surface area (Å²) in [6.07, 6.45) is -1.47. The van der Waals surface area contributed by atoms with E-state index in [0.717, 1.165) is 6.07 Å². The molecule has 1 aromatic carbocycles. The van der Waals surface area contributed by atoms with Crippen LogP contribution in [0.5, 0.6) is 0 Å². The second kappa shape index (κ2) is 5.26. The predicted molar refractivity (Wildman–Crippen MR) is 58.3 cm³/mol. The van der Waals surface area contributed by atoms with Crippen molar-refractivity contribution in [2.24, 2.45) is 5.73 Å². The largest absolute Gasteiger partial charge is 0.396 e. The molecule has 2 amide bonds. The molecule has 0 saturated heterocycles. The van der Waals surface area contributed by atoms with Crippen molar-refractivity contribution in [3.05, 3.63) is 29.6 Å². The van der Waals surface area contributed by atoms with Gasteiger partial charge in [0.25, 0.3) is 5.91 Å². The summed E-state index contributed by atoms with van der Waals surface area (Å²) in [4.78, 5) is 21.9. The van der Waals surface area contributed by atoms with Gasteiger partial charge in [-0.1, -0.05) is 0 Å². The van der Waals surface area contributed by atoms with Crippen LogP contribution in [-0.4, -0.2) is 29.6 Å². The Kier molecular flexibility index (Phi) is 4.00. The van der Waals surface area contributed by atoms with Gasteiger partial charge in [-0.3, -0.25) is 9.59 Å². The Morgan fingerprint density at radius 3 is 2.65 bits per heavy atom. The Morgan fingerprint density at radius 2 is 2.12 bits per heavy atom. The molecule has 0 fully saturated rings. The number of carbonyl (C=O) groups excluding carboxylic acids is 2. The van der Waals surface area contributed by atoms with Gasteiger partial charge < -0.3 is 21.9 Å². The molecule has 1 unspecified atom stereocenters. The molecule has 0 aliphatic rings. The van der Waals surface area contributed by atoms with Crippen molar-refractivity contribution in [3.63, 3.8) is 0 Å². The van der Waals surface area contributed by atoms with Crippen molar-refractivity contribution in [3.8, 4) is 0 Å². The van der Waals surface area contributed by atoms with E-state index in [1.807, 2.05) is 0 Å². The lowest BCUT2D eigenvalue weighted by Gasteiger charge is -2.08. The van der Waals surface area contributed by atoms with E-state index >= 15 is 0 Å². The summed E-state index contributed by atoms with van der Waals surface area (Å²) in [6, 6.07) is 3.53. The molecule has 1 aromatic rings. The molecule has 0 heterocycles. The lowest BCUT2D eigenvalue weighted by molar-refractivity contribution is -0.125. The average molecular weight is 241 g/mol. The summed E-state index contributed by atoms with van der Waals surface area (Å²) < 4.78 is 13.0. The highest BCUT2D eigenvalue weighted by molar-refractivity contribution is 5.94. The molecule has 17 heavy (non-hydrogen) atoms. The molecule has 0 aliphatic heterocycles. The average Bonchev–Trinajstić information content (AvgIpc) is 2.28. The number of nitrogen functional groups attached to an aromatic ring is 1. The number of carbonyl (C=O) groups is 2. The maximum atomic E-state index is 13.0. The highest BCUT2D eigenvalue weighted by Gasteiger charge is 2.13. The zero-order valence-corrected chi connectivity index (χ0v) is 8.81. The summed E-state index contributed by atoms with van der Waals surface area (Å²) in [6.45, 7) is -0.333. The molecule has 92 valence electrons. The Morgan fingerprint density at radius 1 is 1.47 bits per heavy atom. The fourth-order valence-electron chi connectivity index (χ4n) is 1.06. The van der Waals surface area contributed by atoms with Crippen molar-refractivity contribution in [1.29, 1.82) is 0 Å². The van der Waals surface area contributed by atoms with Crippen LogP contribution in [0.15, 0.2) is 18.2 Å². The first-order chi connectivity index (χ1) is 7.91. The number of hydrogen-bond donors (Lipinski definition) is 4. The number of nitrogens with two attached hydrogens (primary N) is 2. The molecule has 0 spiro atoms. The van der Waals surface area contributed by atoms with Crippen LogP contribution < -0.4 is 16.8 Å². The number of rotatable bonds is 4. The Labute approximate surface area is 96.4 Å². The molecule has 0 bridgehead atoms. The zero-order chi connectivity index (χ0) is 13.0. The highest BCUT2D eigenvalue weighted by Crippen LogP contribution is 2.11. The van der Waals surface area contributed by atoms with E-state index in [2.05, 4.69) is 5.32 Å². The first-order valence-corrected chi connectivity index (χ1v) is 4.72. The summed E-state index contributed by atoms with van der Waals surface area (Å²) in [7, 11) is 0. The monoisotopic (exact) mass is 241 g/mol. The van der Waals surface area contributed by atoms with Gasteiger partial charge in [0.2, 0.25) is 5.91 Å². The fraction of sp³-hybridized carbons (Fsp3) is 0.200. The number of aliphatic hydroxyl groups is 1. The third kappa shape index (κ3) is 3.42. The minimum atomic E-state index is -1.47. The third-order valence-corrected chi connectivity index (χ3v) is 2.05. The standard InChI is InChI=1S/C10H12FN3O3/c11-6-3-5(1-2-7(6)12)10(17)14-4-8(15)9(13)16/h1-3,8,15H,4,12H2,(H2,13,16)(H,14,17). The fourth-order valence-corrected chi connectivity index (χ4v) is 1.06. The Bertz CT molecular complexity index is 450. The molecule has 1 atom stereocenters. The number of benzene rings is 1. The van der Waals surface area contributed by atoms with Crippen molar-refractivity contribution in [2.45, 2.75) is 6.10 Å². The minimum Gasteiger partial charge on any atom is -0.396 e. The van der Waals surface area contributed by atoms with Gasteiger partial charge in [0.15, 0.2) is 0 Å². The van der Waals surface area contributed by atoms with Gasteiger partial charge in [0.1, 0.15) is 11.9 Å². The number of hydrogen-bond acceptors (Lipinski definition) is 4. The summed E-state index contributed by atoms with van der Waals surface area (Å²) in [5, 5.41) is 11.3. The maximum Gasteiger partial charge on any atom is 0.251 e. The Hall–Kier alpha value is -2.15. The molecule has 7 heteroatoms. The van der Waals surface area contributed by atoms with Gasteiger partial charge in [-0.15, -0.1) is 0 Å². The number of nitrogens with one attached hydrogen (secondary N) is 1. The van der Waals surface area contributed by atoms with Crippen LogP contribution in [0.25, 0.3) is 0 Å². The molecule has 0 saturated carbocycles. The molecule has 1 rings (SSSR count). The van der Waals surface area contributed by atoms with E-state index in [4.69, 9.17) is 16.6 Å². The van der Waals surface area contributed by atoms with Crippen molar-refractivity contribution >= 4 is 17.5 Å². The molecular formula is C10H12FN3O3. The number of amides is 2. The molecule has 6 N–H and O–H groups in total. The second-order valence-corrected chi connectivity index (χ2v) is 3.36. The molecule has 6 nitrogen and oxygen atoms in total. The highest BCUT2D eigenvalue weighted by atomic mass is 19.1. The number of anilines is 1. The lowest BCUT2D eigenvalue weighted by Crippen LogP contribution is -2.40. The van der Waals surface area contributed by atoms with Crippen LogP contribution in [0.3, 0.4) is 0 Å². The van der Waals surface area contributed by atoms with Crippen molar-refractivity contribution < 1.29 is 19.1 Å². The topological polar surface area (TPSA) is 118 Å². The lowest BCUT2D eigenvalue weighted by atomic mass is 10.2. The van der Waals surface area contributed by atoms with Crippen LogP contribution in [0, 0.1) is 5.82 Å². The van der Waals surface area contributed by atoms with Crippen LogP contribution in [-0.2, 0) is 4.79 Å². The van der Waals surface area contributed by atoms with E-state index in [-0.39, 0.29) is 17.8 Å². The number of primary amides is 1. The Balaban J connectivity index is 2.64. The van der Waals surface area contributed by atoms with Gasteiger partial charge in [0, 0.05) is 5.56 Å². The minimum absolute atomic E-state index is 0.0355. The van der Waals surface area contributed by atoms with Gasteiger partial charge in [0.05, 0.1) is 12.2 Å². The van der Waals surface area contributed by atoms with E-state index in [1.165, 1.54) is 12.1 Å². The summed E-state index contributed by atoms with van der Waals surface area (Å²) in [5.41, 5.74) is 10.00. The number of halogens is 1. The summed E-state index contributed by atoms with van der Waals surface area (Å²) in [5.74, 6) is -2.30. The van der Waals surface area contributed by atoms with Crippen LogP contribution >= 0.6 is 0 Å². The molecule has 0 aromatic heterocycles. The van der Waals surface area contributed by atoms with Gasteiger partial charge in [-0.2, -0.15) is 0 Å². The van der Waals surface area contributed by atoms with Crippen LogP contribution in [0.2, 0.25) is 0 Å². The van der Waals surface area contributed by atoms with Crippen LogP contribution in [0.1, 0.15) is 10.4 Å². The van der Waals surface area contributed by atoms with E-state index < -0.39 is 23.7 Å². The summed E-state index contributed by atoms with van der Waals surface area (Å²) >= 11 is 0. The SMILES string of the molecule is NC(=O)C(O)CNC(=O)c1ccc(N)c(F)c1. The normalized spacial score (nSPS) is 11.9. The van der Waals surface area contributed by atoms with Gasteiger partial charge >= 0.3 is 0 Å². The van der Waals surface area contributed by atoms with E-state index in [0.29, 0.717) is 0 Å². The van der Waals surface area contributed by atoms with E-state index in [9.17, 15) is 14.0 Å².